The zero-order valence-corrected chi connectivity index (χ0v) is 22.8. The lowest BCUT2D eigenvalue weighted by Crippen LogP contribution is -2.42. The Hall–Kier alpha value is -2.66. The Bertz CT molecular complexity index is 1520. The van der Waals surface area contributed by atoms with Crippen LogP contribution in [0.2, 0.25) is 5.02 Å². The summed E-state index contributed by atoms with van der Waals surface area (Å²) in [5, 5.41) is 1.63. The highest BCUT2D eigenvalue weighted by Gasteiger charge is 2.23. The number of hydrazine groups is 1. The van der Waals surface area contributed by atoms with E-state index in [1.165, 1.54) is 4.88 Å². The molecule has 1 aliphatic carbocycles. The molecule has 5 rings (SSSR count). The Morgan fingerprint density at radius 1 is 1.06 bits per heavy atom. The van der Waals surface area contributed by atoms with E-state index in [9.17, 15) is 14.4 Å². The van der Waals surface area contributed by atoms with Crippen LogP contribution in [0, 0.1) is 0 Å². The van der Waals surface area contributed by atoms with Gasteiger partial charge in [-0.1, -0.05) is 39.3 Å². The van der Waals surface area contributed by atoms with Crippen LogP contribution in [0.4, 0.5) is 0 Å². The first kappa shape index (κ1) is 25.0. The van der Waals surface area contributed by atoms with Crippen LogP contribution in [0.25, 0.3) is 15.9 Å². The van der Waals surface area contributed by atoms with E-state index in [0.29, 0.717) is 31.6 Å². The zero-order chi connectivity index (χ0) is 25.2. The van der Waals surface area contributed by atoms with E-state index in [1.54, 1.807) is 64.4 Å². The van der Waals surface area contributed by atoms with E-state index in [2.05, 4.69) is 26.8 Å². The molecule has 184 valence electrons. The van der Waals surface area contributed by atoms with E-state index >= 15 is 0 Å². The number of amides is 2. The van der Waals surface area contributed by atoms with Gasteiger partial charge in [0.15, 0.2) is 5.16 Å². The van der Waals surface area contributed by atoms with Crippen molar-refractivity contribution in [2.45, 2.75) is 30.8 Å². The smallest absolute Gasteiger partial charge is 0.269 e. The maximum absolute atomic E-state index is 13.7. The average Bonchev–Trinajstić information content (AvgIpc) is 3.26. The number of benzene rings is 2. The van der Waals surface area contributed by atoms with Crippen molar-refractivity contribution in [3.63, 3.8) is 0 Å². The first-order chi connectivity index (χ1) is 17.4. The van der Waals surface area contributed by atoms with Crippen molar-refractivity contribution in [3.05, 3.63) is 84.4 Å². The number of carbonyl (C=O) groups is 2. The fourth-order valence-corrected chi connectivity index (χ4v) is 6.57. The van der Waals surface area contributed by atoms with Crippen LogP contribution in [0.1, 0.15) is 33.6 Å². The topological polar surface area (TPSA) is 93.1 Å². The Kier molecular flexibility index (Phi) is 7.47. The molecule has 1 aliphatic rings. The average molecular weight is 604 g/mol. The molecule has 0 atom stereocenters. The molecule has 0 radical (unpaired) electrons. The number of thiophene rings is 1. The third-order valence-corrected chi connectivity index (χ3v) is 8.70. The molecule has 0 saturated carbocycles. The van der Waals surface area contributed by atoms with Gasteiger partial charge in [-0.25, -0.2) is 4.98 Å². The van der Waals surface area contributed by atoms with Gasteiger partial charge < -0.3 is 0 Å². The van der Waals surface area contributed by atoms with E-state index < -0.39 is 11.8 Å². The summed E-state index contributed by atoms with van der Waals surface area (Å²) in [6.07, 6.45) is 4.00. The highest BCUT2D eigenvalue weighted by Crippen LogP contribution is 2.35. The lowest BCUT2D eigenvalue weighted by molar-refractivity contribution is -0.119. The number of rotatable bonds is 5. The fourth-order valence-electron chi connectivity index (χ4n) is 4.07. The monoisotopic (exact) mass is 602 g/mol. The number of nitrogens with zero attached hydrogens (tertiary/aromatic N) is 2. The number of hydrogen-bond donors (Lipinski definition) is 2. The summed E-state index contributed by atoms with van der Waals surface area (Å²) in [4.78, 5) is 45.2. The third-order valence-electron chi connectivity index (χ3n) is 5.80. The van der Waals surface area contributed by atoms with Crippen LogP contribution in [-0.2, 0) is 17.6 Å². The van der Waals surface area contributed by atoms with Crippen molar-refractivity contribution in [2.75, 3.05) is 5.75 Å². The Morgan fingerprint density at radius 2 is 1.78 bits per heavy atom. The van der Waals surface area contributed by atoms with Gasteiger partial charge in [0.1, 0.15) is 4.83 Å². The van der Waals surface area contributed by atoms with Gasteiger partial charge in [0.2, 0.25) is 5.91 Å². The predicted molar refractivity (Wildman–Crippen MR) is 147 cm³/mol. The first-order valence-electron chi connectivity index (χ1n) is 11.2. The van der Waals surface area contributed by atoms with Gasteiger partial charge in [-0.05, 0) is 79.8 Å². The van der Waals surface area contributed by atoms with E-state index in [1.807, 2.05) is 0 Å². The van der Waals surface area contributed by atoms with Crippen molar-refractivity contribution in [1.82, 2.24) is 20.4 Å². The van der Waals surface area contributed by atoms with Gasteiger partial charge >= 0.3 is 0 Å². The second-order valence-corrected chi connectivity index (χ2v) is 11.6. The largest absolute Gasteiger partial charge is 0.272 e. The SMILES string of the molecule is O=C(CSc1nc2sc3c(c2c(=O)n1-c1ccc(Cl)cc1)CCCC3)NNC(=O)c1ccc(Br)cc1. The van der Waals surface area contributed by atoms with Crippen LogP contribution in [0.15, 0.2) is 63.0 Å². The maximum Gasteiger partial charge on any atom is 0.269 e. The number of thioether (sulfide) groups is 1. The summed E-state index contributed by atoms with van der Waals surface area (Å²) in [5.74, 6) is -0.896. The number of aromatic nitrogens is 2. The molecule has 0 bridgehead atoms. The number of aryl methyl sites for hydroxylation is 2. The first-order valence-corrected chi connectivity index (χ1v) is 14.2. The Labute approximate surface area is 228 Å². The summed E-state index contributed by atoms with van der Waals surface area (Å²) >= 11 is 12.1. The molecule has 0 unspecified atom stereocenters. The quantitative estimate of drug-likeness (QED) is 0.184. The van der Waals surface area contributed by atoms with Crippen LogP contribution in [-0.4, -0.2) is 27.1 Å². The number of halogens is 2. The summed E-state index contributed by atoms with van der Waals surface area (Å²) in [6.45, 7) is 0. The molecule has 2 aromatic heterocycles. The number of fused-ring (bicyclic) bond motifs is 3. The molecule has 0 spiro atoms. The molecular formula is C25H20BrClN4O3S2. The molecule has 2 N–H and O–H groups in total. The minimum absolute atomic E-state index is 0.0444. The molecule has 7 nitrogen and oxygen atoms in total. The van der Waals surface area contributed by atoms with Crippen LogP contribution in [0.5, 0.6) is 0 Å². The fraction of sp³-hybridized carbons (Fsp3) is 0.200. The van der Waals surface area contributed by atoms with Crippen molar-refractivity contribution in [3.8, 4) is 5.69 Å². The molecule has 0 aliphatic heterocycles. The molecule has 36 heavy (non-hydrogen) atoms. The third kappa shape index (κ3) is 5.22. The second-order valence-electron chi connectivity index (χ2n) is 8.20. The van der Waals surface area contributed by atoms with Crippen LogP contribution < -0.4 is 16.4 Å². The van der Waals surface area contributed by atoms with Crippen molar-refractivity contribution >= 4 is 72.7 Å². The minimum Gasteiger partial charge on any atom is -0.272 e. The molecule has 2 amide bonds. The number of hydrogen-bond acceptors (Lipinski definition) is 6. The summed E-state index contributed by atoms with van der Waals surface area (Å²) < 4.78 is 2.39. The standard InChI is InChI=1S/C25H20BrClN4O3S2/c26-15-7-5-14(6-8-15)22(33)30-29-20(32)13-35-25-28-23-21(18-3-1-2-4-19(18)36-23)24(34)31(25)17-11-9-16(27)10-12-17/h5-12H,1-4,13H2,(H,29,32)(H,30,33). The molecule has 11 heteroatoms. The lowest BCUT2D eigenvalue weighted by Gasteiger charge is -2.14. The second kappa shape index (κ2) is 10.8. The number of nitrogens with one attached hydrogen (secondary N) is 2. The molecule has 0 saturated heterocycles. The van der Waals surface area contributed by atoms with Gasteiger partial charge in [0, 0.05) is 19.9 Å². The van der Waals surface area contributed by atoms with E-state index in [0.717, 1.165) is 47.5 Å². The highest BCUT2D eigenvalue weighted by molar-refractivity contribution is 9.10. The normalized spacial score (nSPS) is 12.8. The van der Waals surface area contributed by atoms with Crippen molar-refractivity contribution in [1.29, 1.82) is 0 Å². The minimum atomic E-state index is -0.428. The zero-order valence-electron chi connectivity index (χ0n) is 18.8. The van der Waals surface area contributed by atoms with E-state index in [-0.39, 0.29) is 11.3 Å². The van der Waals surface area contributed by atoms with Crippen LogP contribution >= 0.6 is 50.6 Å². The summed E-state index contributed by atoms with van der Waals surface area (Å²) in [5.41, 5.74) is 6.83. The molecule has 2 heterocycles. The lowest BCUT2D eigenvalue weighted by atomic mass is 9.97. The van der Waals surface area contributed by atoms with Gasteiger partial charge in [0.25, 0.3) is 11.5 Å². The molecular weight excluding hydrogens is 584 g/mol. The Balaban J connectivity index is 1.40. The summed E-state index contributed by atoms with van der Waals surface area (Å²) in [7, 11) is 0. The van der Waals surface area contributed by atoms with Crippen LogP contribution in [0.3, 0.4) is 0 Å². The van der Waals surface area contributed by atoms with Gasteiger partial charge in [0.05, 0.1) is 16.8 Å². The predicted octanol–water partition coefficient (Wildman–Crippen LogP) is 5.30. The highest BCUT2D eigenvalue weighted by atomic mass is 79.9. The molecule has 0 fully saturated rings. The van der Waals surface area contributed by atoms with E-state index in [4.69, 9.17) is 16.6 Å². The van der Waals surface area contributed by atoms with Gasteiger partial charge in [-0.3, -0.25) is 29.8 Å². The van der Waals surface area contributed by atoms with Crippen molar-refractivity contribution in [2.24, 2.45) is 0 Å². The van der Waals surface area contributed by atoms with Gasteiger partial charge in [-0.15, -0.1) is 11.3 Å². The maximum atomic E-state index is 13.7. The number of carbonyl (C=O) groups excluding carboxylic acids is 2. The molecule has 2 aromatic carbocycles. The van der Waals surface area contributed by atoms with Gasteiger partial charge in [-0.2, -0.15) is 0 Å². The molecule has 4 aromatic rings. The van der Waals surface area contributed by atoms with Crippen molar-refractivity contribution < 1.29 is 9.59 Å². The Morgan fingerprint density at radius 3 is 2.53 bits per heavy atom. The summed E-state index contributed by atoms with van der Waals surface area (Å²) in [6, 6.07) is 13.7.